The van der Waals surface area contributed by atoms with Crippen LogP contribution in [0.4, 0.5) is 5.69 Å². The van der Waals surface area contributed by atoms with Crippen LogP contribution in [0.1, 0.15) is 55.3 Å². The first-order valence-corrected chi connectivity index (χ1v) is 9.50. The van der Waals surface area contributed by atoms with E-state index in [0.29, 0.717) is 11.3 Å². The number of hydrogen-bond donors (Lipinski definition) is 1. The molecule has 3 rings (SSSR count). The van der Waals surface area contributed by atoms with Gasteiger partial charge in [-0.15, -0.1) is 0 Å². The number of para-hydroxylation sites is 1. The summed E-state index contributed by atoms with van der Waals surface area (Å²) in [5.74, 6) is -0.591. The van der Waals surface area contributed by atoms with Gasteiger partial charge in [-0.2, -0.15) is 0 Å². The highest BCUT2D eigenvalue weighted by molar-refractivity contribution is 6.11. The molecule has 1 aliphatic carbocycles. The first kappa shape index (κ1) is 18.4. The van der Waals surface area contributed by atoms with Gasteiger partial charge in [-0.05, 0) is 25.0 Å². The number of nitrogens with one attached hydrogen (secondary N) is 1. The number of benzene rings is 1. The normalized spacial score (nSPS) is 19.4. The fraction of sp³-hybridized carbons (Fsp3) is 0.550. The van der Waals surface area contributed by atoms with Crippen LogP contribution in [0.3, 0.4) is 0 Å². The van der Waals surface area contributed by atoms with Crippen molar-refractivity contribution in [1.82, 2.24) is 10.2 Å². The van der Waals surface area contributed by atoms with Crippen LogP contribution in [0, 0.1) is 0 Å². The van der Waals surface area contributed by atoms with Crippen LogP contribution >= 0.6 is 0 Å². The van der Waals surface area contributed by atoms with Crippen LogP contribution in [0.2, 0.25) is 0 Å². The van der Waals surface area contributed by atoms with Crippen LogP contribution in [0.5, 0.6) is 0 Å². The third kappa shape index (κ3) is 4.23. The van der Waals surface area contributed by atoms with E-state index in [1.165, 1.54) is 29.1 Å². The van der Waals surface area contributed by atoms with Crippen LogP contribution in [0.25, 0.3) is 0 Å². The van der Waals surface area contributed by atoms with E-state index in [0.717, 1.165) is 25.7 Å². The summed E-state index contributed by atoms with van der Waals surface area (Å²) in [6, 6.07) is 7.17. The van der Waals surface area contributed by atoms with Crippen molar-refractivity contribution >= 4 is 23.4 Å². The Hall–Kier alpha value is -2.37. The van der Waals surface area contributed by atoms with E-state index in [1.807, 2.05) is 0 Å². The minimum atomic E-state index is -0.237. The molecule has 1 aromatic rings. The Morgan fingerprint density at radius 1 is 1.08 bits per heavy atom. The molecular formula is C20H27N3O3. The van der Waals surface area contributed by atoms with Crippen molar-refractivity contribution in [3.63, 3.8) is 0 Å². The number of hydrogen-bond acceptors (Lipinski definition) is 3. The minimum absolute atomic E-state index is 0.0236. The smallest absolute Gasteiger partial charge is 0.256 e. The largest absolute Gasteiger partial charge is 0.352 e. The van der Waals surface area contributed by atoms with Crippen LogP contribution in [-0.2, 0) is 9.59 Å². The second-order valence-electron chi connectivity index (χ2n) is 7.27. The number of likely N-dealkylation sites (N-methyl/N-ethyl adjacent to an activating group) is 1. The highest BCUT2D eigenvalue weighted by atomic mass is 16.2. The lowest BCUT2D eigenvalue weighted by atomic mass is 9.97. The van der Waals surface area contributed by atoms with Gasteiger partial charge in [0.1, 0.15) is 13.1 Å². The maximum absolute atomic E-state index is 12.6. The number of rotatable bonds is 3. The average Bonchev–Trinajstić information content (AvgIpc) is 2.68. The summed E-state index contributed by atoms with van der Waals surface area (Å²) in [5, 5.41) is 3.10. The molecule has 3 amide bonds. The zero-order chi connectivity index (χ0) is 18.5. The maximum atomic E-state index is 12.6. The topological polar surface area (TPSA) is 69.7 Å². The third-order valence-corrected chi connectivity index (χ3v) is 5.22. The Kier molecular flexibility index (Phi) is 5.91. The maximum Gasteiger partial charge on any atom is 0.256 e. The molecule has 26 heavy (non-hydrogen) atoms. The zero-order valence-electron chi connectivity index (χ0n) is 15.4. The van der Waals surface area contributed by atoms with Gasteiger partial charge in [0, 0.05) is 13.1 Å². The Labute approximate surface area is 154 Å². The van der Waals surface area contributed by atoms with E-state index in [2.05, 4.69) is 5.32 Å². The standard InChI is InChI=1S/C20H27N3O3/c1-22-14-19(25)23(17-12-8-7-11-16(17)20(22)26)13-18(24)21-15-9-5-3-2-4-6-10-15/h7-8,11-12,15H,2-6,9-10,13-14H2,1H3,(H,21,24). The minimum Gasteiger partial charge on any atom is -0.352 e. The Balaban J connectivity index is 1.73. The molecule has 1 aromatic carbocycles. The number of nitrogens with zero attached hydrogens (tertiary/aromatic N) is 2. The molecule has 0 saturated heterocycles. The van der Waals surface area contributed by atoms with E-state index in [1.54, 1.807) is 31.3 Å². The molecule has 0 atom stereocenters. The summed E-state index contributed by atoms with van der Waals surface area (Å²) < 4.78 is 0. The van der Waals surface area contributed by atoms with Crippen LogP contribution in [0.15, 0.2) is 24.3 Å². The van der Waals surface area contributed by atoms with E-state index in [-0.39, 0.29) is 36.9 Å². The fourth-order valence-electron chi connectivity index (χ4n) is 3.78. The fourth-order valence-corrected chi connectivity index (χ4v) is 3.78. The van der Waals surface area contributed by atoms with Crippen molar-refractivity contribution in [2.75, 3.05) is 25.0 Å². The third-order valence-electron chi connectivity index (χ3n) is 5.22. The van der Waals surface area contributed by atoms with Gasteiger partial charge in [-0.3, -0.25) is 14.4 Å². The summed E-state index contributed by atoms with van der Waals surface area (Å²) >= 11 is 0. The number of fused-ring (bicyclic) bond motifs is 1. The Morgan fingerprint density at radius 2 is 1.73 bits per heavy atom. The second-order valence-corrected chi connectivity index (χ2v) is 7.27. The van der Waals surface area contributed by atoms with E-state index in [9.17, 15) is 14.4 Å². The summed E-state index contributed by atoms with van der Waals surface area (Å²) in [5.41, 5.74) is 0.972. The predicted molar refractivity (Wildman–Crippen MR) is 100 cm³/mol. The van der Waals surface area contributed by atoms with E-state index in [4.69, 9.17) is 0 Å². The van der Waals surface area contributed by atoms with Crippen molar-refractivity contribution in [2.24, 2.45) is 0 Å². The lowest BCUT2D eigenvalue weighted by Crippen LogP contribution is -2.46. The average molecular weight is 357 g/mol. The quantitative estimate of drug-likeness (QED) is 0.903. The lowest BCUT2D eigenvalue weighted by molar-refractivity contribution is -0.124. The molecule has 140 valence electrons. The molecule has 1 heterocycles. The first-order chi connectivity index (χ1) is 12.6. The molecule has 6 nitrogen and oxygen atoms in total. The molecular weight excluding hydrogens is 330 g/mol. The van der Waals surface area contributed by atoms with Gasteiger partial charge in [-0.1, -0.05) is 44.2 Å². The highest BCUT2D eigenvalue weighted by Gasteiger charge is 2.30. The molecule has 0 spiro atoms. The van der Waals surface area contributed by atoms with Gasteiger partial charge in [0.2, 0.25) is 11.8 Å². The number of carbonyl (C=O) groups excluding carboxylic acids is 3. The van der Waals surface area contributed by atoms with Gasteiger partial charge in [-0.25, -0.2) is 0 Å². The molecule has 0 radical (unpaired) electrons. The highest BCUT2D eigenvalue weighted by Crippen LogP contribution is 2.25. The molecule has 0 unspecified atom stereocenters. The Morgan fingerprint density at radius 3 is 2.46 bits per heavy atom. The van der Waals surface area contributed by atoms with Crippen molar-refractivity contribution in [3.8, 4) is 0 Å². The summed E-state index contributed by atoms with van der Waals surface area (Å²) in [7, 11) is 1.61. The number of anilines is 1. The van der Waals surface area contributed by atoms with E-state index >= 15 is 0 Å². The van der Waals surface area contributed by atoms with Gasteiger partial charge in [0.25, 0.3) is 5.91 Å². The molecule has 1 saturated carbocycles. The first-order valence-electron chi connectivity index (χ1n) is 9.50. The number of carbonyl (C=O) groups is 3. The molecule has 1 aliphatic heterocycles. The van der Waals surface area contributed by atoms with Gasteiger partial charge in [0.05, 0.1) is 11.3 Å². The predicted octanol–water partition coefficient (Wildman–Crippen LogP) is 2.33. The van der Waals surface area contributed by atoms with Crippen LogP contribution < -0.4 is 10.2 Å². The lowest BCUT2D eigenvalue weighted by Gasteiger charge is -2.25. The van der Waals surface area contributed by atoms with Gasteiger partial charge in [0.15, 0.2) is 0 Å². The summed E-state index contributed by atoms with van der Waals surface area (Å²) in [6.45, 7) is -0.0717. The van der Waals surface area contributed by atoms with Crippen molar-refractivity contribution in [3.05, 3.63) is 29.8 Å². The van der Waals surface area contributed by atoms with Gasteiger partial charge < -0.3 is 15.1 Å². The molecule has 6 heteroatoms. The summed E-state index contributed by atoms with van der Waals surface area (Å²) in [6.07, 6.45) is 7.99. The Bertz CT molecular complexity index is 681. The zero-order valence-corrected chi connectivity index (χ0v) is 15.4. The molecule has 1 N–H and O–H groups in total. The van der Waals surface area contributed by atoms with Crippen molar-refractivity contribution in [1.29, 1.82) is 0 Å². The molecule has 0 bridgehead atoms. The van der Waals surface area contributed by atoms with Gasteiger partial charge >= 0.3 is 0 Å². The summed E-state index contributed by atoms with van der Waals surface area (Å²) in [4.78, 5) is 40.5. The van der Waals surface area contributed by atoms with Crippen molar-refractivity contribution < 1.29 is 14.4 Å². The number of amides is 3. The molecule has 0 aromatic heterocycles. The molecule has 2 aliphatic rings. The van der Waals surface area contributed by atoms with Crippen molar-refractivity contribution in [2.45, 2.75) is 51.0 Å². The van der Waals surface area contributed by atoms with E-state index < -0.39 is 0 Å². The molecule has 1 fully saturated rings. The SMILES string of the molecule is CN1CC(=O)N(CC(=O)NC2CCCCCCC2)c2ccccc2C1=O. The van der Waals surface area contributed by atoms with Crippen LogP contribution in [-0.4, -0.2) is 48.8 Å². The second kappa shape index (κ2) is 8.34. The monoisotopic (exact) mass is 357 g/mol.